The van der Waals surface area contributed by atoms with Crippen LogP contribution in [0.25, 0.3) is 20.4 Å². The van der Waals surface area contributed by atoms with Gasteiger partial charge in [-0.1, -0.05) is 30.3 Å². The number of carbonyl (C=O) groups is 1. The molecule has 0 fully saturated rings. The van der Waals surface area contributed by atoms with Gasteiger partial charge < -0.3 is 4.74 Å². The number of nitrogens with zero attached hydrogens (tertiary/aromatic N) is 3. The topological polar surface area (TPSA) is 74.1 Å². The smallest absolute Gasteiger partial charge is 0.271 e. The number of carbonyl (C=O) groups excluding carboxylic acids is 1. The molecule has 4 heterocycles. The van der Waals surface area contributed by atoms with Crippen LogP contribution in [0.2, 0.25) is 0 Å². The number of rotatable bonds is 3. The number of hydrogen-bond acceptors (Lipinski definition) is 6. The van der Waals surface area contributed by atoms with Crippen molar-refractivity contribution in [3.63, 3.8) is 0 Å². The van der Waals surface area contributed by atoms with E-state index in [1.54, 1.807) is 12.1 Å². The number of ketones is 1. The fraction of sp³-hybridized carbons (Fsp3) is 0.304. The van der Waals surface area contributed by atoms with Crippen LogP contribution in [0.5, 0.6) is 0 Å². The Morgan fingerprint density at radius 2 is 2.00 bits per heavy atom. The largest absolute Gasteiger partial charge is 0.370 e. The van der Waals surface area contributed by atoms with E-state index >= 15 is 0 Å². The number of thiophene rings is 1. The molecule has 5 rings (SSSR count). The Hall–Kier alpha value is -2.90. The van der Waals surface area contributed by atoms with Crippen molar-refractivity contribution in [1.82, 2.24) is 14.5 Å². The second kappa shape index (κ2) is 6.82. The van der Waals surface area contributed by atoms with Crippen molar-refractivity contribution in [1.29, 1.82) is 0 Å². The summed E-state index contributed by atoms with van der Waals surface area (Å²) >= 11 is 1.35. The Bertz CT molecular complexity index is 1370. The lowest BCUT2D eigenvalue weighted by molar-refractivity contribution is -0.0400. The third-order valence-corrected chi connectivity index (χ3v) is 6.70. The number of aromatic nitrogens is 3. The maximum Gasteiger partial charge on any atom is 0.271 e. The second-order valence-electron chi connectivity index (χ2n) is 8.31. The third-order valence-electron chi connectivity index (χ3n) is 5.64. The van der Waals surface area contributed by atoms with Gasteiger partial charge in [0.05, 0.1) is 30.6 Å². The molecule has 0 radical (unpaired) electrons. The maximum absolute atomic E-state index is 13.2. The monoisotopic (exact) mass is 419 g/mol. The van der Waals surface area contributed by atoms with E-state index in [1.165, 1.54) is 27.8 Å². The van der Waals surface area contributed by atoms with Crippen LogP contribution in [0.1, 0.15) is 41.0 Å². The summed E-state index contributed by atoms with van der Waals surface area (Å²) in [5, 5.41) is 0.950. The van der Waals surface area contributed by atoms with Crippen LogP contribution in [0.4, 0.5) is 0 Å². The Balaban J connectivity index is 1.66. The fourth-order valence-electron chi connectivity index (χ4n) is 4.04. The van der Waals surface area contributed by atoms with E-state index in [1.807, 2.05) is 25.1 Å². The van der Waals surface area contributed by atoms with Gasteiger partial charge in [0, 0.05) is 28.6 Å². The fourth-order valence-corrected chi connectivity index (χ4v) is 5.20. The van der Waals surface area contributed by atoms with Crippen LogP contribution >= 0.6 is 11.3 Å². The molecular weight excluding hydrogens is 398 g/mol. The zero-order valence-electron chi connectivity index (χ0n) is 17.1. The number of pyridine rings is 1. The van der Waals surface area contributed by atoms with Crippen molar-refractivity contribution in [2.24, 2.45) is 0 Å². The molecule has 0 saturated heterocycles. The van der Waals surface area contributed by atoms with Crippen LogP contribution < -0.4 is 5.56 Å². The molecule has 1 aliphatic heterocycles. The van der Waals surface area contributed by atoms with Gasteiger partial charge in [0.15, 0.2) is 5.78 Å². The van der Waals surface area contributed by atoms with E-state index in [0.717, 1.165) is 27.9 Å². The quantitative estimate of drug-likeness (QED) is 0.469. The van der Waals surface area contributed by atoms with Gasteiger partial charge in [0.2, 0.25) is 0 Å². The van der Waals surface area contributed by atoms with E-state index in [2.05, 4.69) is 18.8 Å². The van der Waals surface area contributed by atoms with Crippen LogP contribution in [-0.2, 0) is 24.3 Å². The molecule has 30 heavy (non-hydrogen) atoms. The Morgan fingerprint density at radius 3 is 2.77 bits per heavy atom. The molecule has 0 aliphatic carbocycles. The first-order chi connectivity index (χ1) is 14.3. The summed E-state index contributed by atoms with van der Waals surface area (Å²) in [5.41, 5.74) is 3.96. The first-order valence-electron chi connectivity index (χ1n) is 9.86. The molecule has 0 bridgehead atoms. The highest BCUT2D eigenvalue weighted by Gasteiger charge is 2.31. The van der Waals surface area contributed by atoms with E-state index in [0.29, 0.717) is 22.4 Å². The number of aryl methyl sites for hydroxylation is 1. The van der Waals surface area contributed by atoms with Crippen molar-refractivity contribution in [3.05, 3.63) is 69.4 Å². The molecular formula is C23H21N3O3S. The SMILES string of the molecule is Cc1nc2sc3c(=O)n(CC(=O)c4ccccc4)cnc3c2c2c1COC(C)(C)C2. The van der Waals surface area contributed by atoms with Gasteiger partial charge in [-0.05, 0) is 26.3 Å². The standard InChI is InChI=1S/C23H21N3O3S/c1-13-16-11-29-23(2,3)9-15(16)18-19-20(30-21(18)25-13)22(28)26(12-24-19)10-17(27)14-7-5-4-6-8-14/h4-8,12H,9-11H2,1-3H3. The minimum absolute atomic E-state index is 0.0362. The summed E-state index contributed by atoms with van der Waals surface area (Å²) < 4.78 is 7.91. The molecule has 152 valence electrons. The zero-order chi connectivity index (χ0) is 21.0. The van der Waals surface area contributed by atoms with Gasteiger partial charge in [0.25, 0.3) is 5.56 Å². The van der Waals surface area contributed by atoms with Crippen molar-refractivity contribution in [2.45, 2.75) is 45.9 Å². The molecule has 4 aromatic rings. The minimum atomic E-state index is -0.279. The van der Waals surface area contributed by atoms with Crippen molar-refractivity contribution < 1.29 is 9.53 Å². The number of hydrogen-bond donors (Lipinski definition) is 0. The molecule has 0 atom stereocenters. The molecule has 6 nitrogen and oxygen atoms in total. The summed E-state index contributed by atoms with van der Waals surface area (Å²) in [6.45, 7) is 6.60. The van der Waals surface area contributed by atoms with Gasteiger partial charge in [-0.25, -0.2) is 9.97 Å². The number of Topliss-reactive ketones (excluding diaryl/α,β-unsaturated/α-hetero) is 1. The van der Waals surface area contributed by atoms with E-state index in [-0.39, 0.29) is 23.5 Å². The van der Waals surface area contributed by atoms with Crippen LogP contribution in [-0.4, -0.2) is 25.9 Å². The highest BCUT2D eigenvalue weighted by Crippen LogP contribution is 2.39. The number of benzene rings is 1. The van der Waals surface area contributed by atoms with Crippen molar-refractivity contribution >= 4 is 37.6 Å². The average Bonchev–Trinajstić information content (AvgIpc) is 3.09. The summed E-state index contributed by atoms with van der Waals surface area (Å²) in [7, 11) is 0. The molecule has 0 amide bonds. The number of fused-ring (bicyclic) bond motifs is 5. The molecule has 0 spiro atoms. The first kappa shape index (κ1) is 19.1. The zero-order valence-corrected chi connectivity index (χ0v) is 17.9. The maximum atomic E-state index is 13.2. The Labute approximate surface area is 177 Å². The molecule has 1 aromatic carbocycles. The van der Waals surface area contributed by atoms with Gasteiger partial charge in [-0.3, -0.25) is 14.2 Å². The first-order valence-corrected chi connectivity index (χ1v) is 10.7. The van der Waals surface area contributed by atoms with Crippen molar-refractivity contribution in [2.75, 3.05) is 0 Å². The summed E-state index contributed by atoms with van der Waals surface area (Å²) in [5.74, 6) is -0.120. The number of ether oxygens (including phenoxy) is 1. The van der Waals surface area contributed by atoms with Crippen molar-refractivity contribution in [3.8, 4) is 0 Å². The Morgan fingerprint density at radius 1 is 1.23 bits per heavy atom. The molecule has 7 heteroatoms. The predicted molar refractivity (Wildman–Crippen MR) is 117 cm³/mol. The highest BCUT2D eigenvalue weighted by molar-refractivity contribution is 7.25. The van der Waals surface area contributed by atoms with Crippen LogP contribution in [0, 0.1) is 6.92 Å². The molecule has 3 aromatic heterocycles. The summed E-state index contributed by atoms with van der Waals surface area (Å²) in [4.78, 5) is 35.9. The van der Waals surface area contributed by atoms with E-state index in [9.17, 15) is 9.59 Å². The van der Waals surface area contributed by atoms with Crippen LogP contribution in [0.3, 0.4) is 0 Å². The third kappa shape index (κ3) is 3.05. The van der Waals surface area contributed by atoms with E-state index in [4.69, 9.17) is 9.72 Å². The highest BCUT2D eigenvalue weighted by atomic mass is 32.1. The molecule has 0 N–H and O–H groups in total. The predicted octanol–water partition coefficient (Wildman–Crippen LogP) is 4.05. The second-order valence-corrected chi connectivity index (χ2v) is 9.31. The van der Waals surface area contributed by atoms with E-state index < -0.39 is 0 Å². The lowest BCUT2D eigenvalue weighted by Gasteiger charge is -2.32. The average molecular weight is 420 g/mol. The minimum Gasteiger partial charge on any atom is -0.370 e. The Kier molecular flexibility index (Phi) is 4.34. The van der Waals surface area contributed by atoms with Gasteiger partial charge in [-0.2, -0.15) is 0 Å². The molecule has 0 unspecified atom stereocenters. The molecule has 1 aliphatic rings. The van der Waals surface area contributed by atoms with Gasteiger partial charge in [-0.15, -0.1) is 11.3 Å². The normalized spacial score (nSPS) is 15.4. The lowest BCUT2D eigenvalue weighted by atomic mass is 9.89. The van der Waals surface area contributed by atoms with Gasteiger partial charge in [0.1, 0.15) is 9.53 Å². The van der Waals surface area contributed by atoms with Gasteiger partial charge >= 0.3 is 0 Å². The lowest BCUT2D eigenvalue weighted by Crippen LogP contribution is -2.32. The molecule has 0 saturated carbocycles. The van der Waals surface area contributed by atoms with Crippen LogP contribution in [0.15, 0.2) is 41.5 Å². The summed E-state index contributed by atoms with van der Waals surface area (Å²) in [6.07, 6.45) is 2.22. The summed E-state index contributed by atoms with van der Waals surface area (Å²) in [6, 6.07) is 8.98.